The fraction of sp³-hybridized carbons (Fsp3) is 0.417. The maximum atomic E-state index is 11.7. The summed E-state index contributed by atoms with van der Waals surface area (Å²) in [5.41, 5.74) is 4.84. The van der Waals surface area contributed by atoms with Crippen molar-refractivity contribution in [3.05, 3.63) is 95.2 Å². The van der Waals surface area contributed by atoms with Crippen molar-refractivity contribution in [3.63, 3.8) is 0 Å². The highest BCUT2D eigenvalue weighted by Crippen LogP contribution is 2.25. The van der Waals surface area contributed by atoms with Gasteiger partial charge in [0.25, 0.3) is 0 Å². The Kier molecular flexibility index (Phi) is 10.2. The number of benzene rings is 2. The van der Waals surface area contributed by atoms with Crippen LogP contribution in [-0.2, 0) is 27.4 Å². The van der Waals surface area contributed by atoms with Crippen molar-refractivity contribution < 1.29 is 23.9 Å². The molecule has 0 spiro atoms. The van der Waals surface area contributed by atoms with Crippen LogP contribution in [0.5, 0.6) is 0 Å². The van der Waals surface area contributed by atoms with Crippen molar-refractivity contribution in [2.75, 3.05) is 26.3 Å². The van der Waals surface area contributed by atoms with Crippen LogP contribution in [0.3, 0.4) is 0 Å². The van der Waals surface area contributed by atoms with E-state index in [2.05, 4.69) is 51.1 Å². The molecular weight excluding hydrogens is 568 g/mol. The minimum absolute atomic E-state index is 0.00396. The lowest BCUT2D eigenvalue weighted by Crippen LogP contribution is -2.36. The van der Waals surface area contributed by atoms with E-state index in [0.29, 0.717) is 12.3 Å². The number of likely N-dealkylation sites (tertiary alicyclic amines) is 1. The summed E-state index contributed by atoms with van der Waals surface area (Å²) in [6.07, 6.45) is 8.09. The Bertz CT molecular complexity index is 1600. The van der Waals surface area contributed by atoms with Gasteiger partial charge in [-0.25, -0.2) is 4.98 Å². The predicted octanol–water partition coefficient (Wildman–Crippen LogP) is 5.36. The van der Waals surface area contributed by atoms with Crippen LogP contribution in [-0.4, -0.2) is 63.1 Å². The summed E-state index contributed by atoms with van der Waals surface area (Å²) >= 11 is 0. The van der Waals surface area contributed by atoms with Crippen LogP contribution >= 0.6 is 0 Å². The topological polar surface area (TPSA) is 103 Å². The molecule has 2 fully saturated rings. The zero-order valence-electron chi connectivity index (χ0n) is 25.7. The molecule has 4 heterocycles. The summed E-state index contributed by atoms with van der Waals surface area (Å²) < 4.78 is 19.6. The van der Waals surface area contributed by atoms with Crippen LogP contribution in [0.25, 0.3) is 11.3 Å². The number of ether oxygens (including phenoxy) is 2. The van der Waals surface area contributed by atoms with Gasteiger partial charge in [0.05, 0.1) is 6.54 Å². The molecule has 2 atom stereocenters. The van der Waals surface area contributed by atoms with Gasteiger partial charge >= 0.3 is 0 Å². The zero-order valence-corrected chi connectivity index (χ0v) is 25.7. The van der Waals surface area contributed by atoms with Gasteiger partial charge in [0.1, 0.15) is 24.2 Å². The second kappa shape index (κ2) is 14.8. The van der Waals surface area contributed by atoms with Crippen molar-refractivity contribution in [3.8, 4) is 23.2 Å². The van der Waals surface area contributed by atoms with E-state index in [9.17, 15) is 4.79 Å². The molecule has 2 aromatic carbocycles. The molecule has 0 radical (unpaired) electrons. The number of imidazole rings is 1. The van der Waals surface area contributed by atoms with E-state index in [1.807, 2.05) is 48.0 Å². The first-order valence-corrected chi connectivity index (χ1v) is 15.8. The molecule has 6 rings (SSSR count). The first kappa shape index (κ1) is 30.9. The first-order chi connectivity index (χ1) is 22.0. The van der Waals surface area contributed by atoms with Crippen LogP contribution in [0.15, 0.2) is 71.5 Å². The van der Waals surface area contributed by atoms with Gasteiger partial charge in [-0.2, -0.15) is 0 Å². The Morgan fingerprint density at radius 3 is 2.44 bits per heavy atom. The highest BCUT2D eigenvalue weighted by Gasteiger charge is 2.24. The van der Waals surface area contributed by atoms with E-state index in [0.717, 1.165) is 86.6 Å². The molecule has 4 aromatic rings. The van der Waals surface area contributed by atoms with E-state index in [1.54, 1.807) is 6.20 Å². The van der Waals surface area contributed by atoms with Gasteiger partial charge in [-0.1, -0.05) is 29.1 Å². The number of ketones is 1. The Hall–Kier alpha value is -4.07. The summed E-state index contributed by atoms with van der Waals surface area (Å²) in [6, 6.07) is 18.3. The molecule has 9 heteroatoms. The second-order valence-corrected chi connectivity index (χ2v) is 11.9. The number of Topliss-reactive ketones (excluding diaryl/α,β-unsaturated/α-hetero) is 1. The van der Waals surface area contributed by atoms with Crippen molar-refractivity contribution >= 4 is 5.78 Å². The number of rotatable bonds is 10. The van der Waals surface area contributed by atoms with Gasteiger partial charge in [0.2, 0.25) is 0 Å². The normalized spacial score (nSPS) is 18.3. The lowest BCUT2D eigenvalue weighted by Gasteiger charge is -2.31. The number of aliphatic hydroxyl groups is 1. The number of piperidine rings is 1. The number of aromatic nitrogens is 3. The molecular formula is C36H40N4O5. The molecule has 0 bridgehead atoms. The fourth-order valence-electron chi connectivity index (χ4n) is 5.97. The van der Waals surface area contributed by atoms with Crippen molar-refractivity contribution in [2.45, 2.75) is 64.5 Å². The summed E-state index contributed by atoms with van der Waals surface area (Å²) in [7, 11) is 0. The van der Waals surface area contributed by atoms with Crippen LogP contribution in [0.2, 0.25) is 0 Å². The number of carbonyl (C=O) groups is 1. The largest absolute Gasteiger partial charge is 0.389 e. The number of aliphatic hydroxyl groups excluding tert-OH is 1. The average Bonchev–Trinajstić information content (AvgIpc) is 3.75. The Morgan fingerprint density at radius 1 is 1.02 bits per heavy atom. The standard InChI is InChI=1S/C36H40N4O5/c1-26(44-35-4-2-3-21-43-35)36-37-17-20-40(36)24-32-22-34(45-38-32)31-13-11-28(12-14-31)6-5-27-7-9-29(10-8-27)23-39-18-15-30(16-19-39)33(42)25-41/h7-14,17,20,22,26,30,35,41H,2-4,15-16,18-19,21,23-25H2,1H3/t26-,35?/m0/s1. The van der Waals surface area contributed by atoms with E-state index < -0.39 is 0 Å². The number of hydrogen-bond acceptors (Lipinski definition) is 8. The predicted molar refractivity (Wildman–Crippen MR) is 169 cm³/mol. The third-order valence-electron chi connectivity index (χ3n) is 8.58. The van der Waals surface area contributed by atoms with E-state index >= 15 is 0 Å². The lowest BCUT2D eigenvalue weighted by molar-refractivity contribution is -0.188. The van der Waals surface area contributed by atoms with Gasteiger partial charge < -0.3 is 23.7 Å². The fourth-order valence-corrected chi connectivity index (χ4v) is 5.97. The van der Waals surface area contributed by atoms with E-state index in [-0.39, 0.29) is 30.7 Å². The maximum absolute atomic E-state index is 11.7. The highest BCUT2D eigenvalue weighted by atomic mass is 16.7. The quantitative estimate of drug-likeness (QED) is 0.240. The molecule has 0 aliphatic carbocycles. The molecule has 234 valence electrons. The Balaban J connectivity index is 1.01. The number of carbonyl (C=O) groups excluding carboxylic acids is 1. The zero-order chi connectivity index (χ0) is 31.0. The van der Waals surface area contributed by atoms with Crippen molar-refractivity contribution in [2.24, 2.45) is 5.92 Å². The minimum Gasteiger partial charge on any atom is -0.389 e. The SMILES string of the molecule is C[C@H](OC1CCCCO1)c1nccn1Cc1cc(-c2ccc(C#Cc3ccc(CN4CCC(C(=O)CO)CC4)cc3)cc2)on1. The molecule has 0 amide bonds. The lowest BCUT2D eigenvalue weighted by atomic mass is 9.92. The third kappa shape index (κ3) is 8.16. The van der Waals surface area contributed by atoms with Crippen molar-refractivity contribution in [1.82, 2.24) is 19.6 Å². The molecule has 2 saturated heterocycles. The average molecular weight is 609 g/mol. The van der Waals surface area contributed by atoms with Gasteiger partial charge in [0, 0.05) is 54.2 Å². The molecule has 1 N–H and O–H groups in total. The second-order valence-electron chi connectivity index (χ2n) is 11.9. The van der Waals surface area contributed by atoms with Gasteiger partial charge in [0.15, 0.2) is 17.8 Å². The van der Waals surface area contributed by atoms with Gasteiger partial charge in [-0.3, -0.25) is 9.69 Å². The number of hydrogen-bond donors (Lipinski definition) is 1. The smallest absolute Gasteiger partial charge is 0.167 e. The summed E-state index contributed by atoms with van der Waals surface area (Å²) in [5.74, 6) is 8.02. The van der Waals surface area contributed by atoms with E-state index in [1.165, 1.54) is 5.56 Å². The van der Waals surface area contributed by atoms with E-state index in [4.69, 9.17) is 19.1 Å². The molecule has 45 heavy (non-hydrogen) atoms. The van der Waals surface area contributed by atoms with Crippen LogP contribution < -0.4 is 0 Å². The summed E-state index contributed by atoms with van der Waals surface area (Å²) in [4.78, 5) is 18.6. The Labute approximate surface area is 264 Å². The molecule has 9 nitrogen and oxygen atoms in total. The van der Waals surface area contributed by atoms with Gasteiger partial charge in [-0.15, -0.1) is 0 Å². The monoisotopic (exact) mass is 608 g/mol. The molecule has 0 saturated carbocycles. The molecule has 1 unspecified atom stereocenters. The first-order valence-electron chi connectivity index (χ1n) is 15.8. The van der Waals surface area contributed by atoms with Crippen LogP contribution in [0, 0.1) is 17.8 Å². The highest BCUT2D eigenvalue weighted by molar-refractivity contribution is 5.82. The van der Waals surface area contributed by atoms with Crippen LogP contribution in [0.4, 0.5) is 0 Å². The molecule has 2 aromatic heterocycles. The molecule has 2 aliphatic heterocycles. The Morgan fingerprint density at radius 2 is 1.76 bits per heavy atom. The maximum Gasteiger partial charge on any atom is 0.167 e. The van der Waals surface area contributed by atoms with Gasteiger partial charge in [-0.05, 0) is 94.1 Å². The molecule has 2 aliphatic rings. The number of nitrogens with zero attached hydrogens (tertiary/aromatic N) is 4. The third-order valence-corrected chi connectivity index (χ3v) is 8.58. The minimum atomic E-state index is -0.346. The van der Waals surface area contributed by atoms with Crippen LogP contribution in [0.1, 0.15) is 73.3 Å². The summed E-state index contributed by atoms with van der Waals surface area (Å²) in [6.45, 7) is 5.54. The summed E-state index contributed by atoms with van der Waals surface area (Å²) in [5, 5.41) is 13.4. The van der Waals surface area contributed by atoms with Crippen molar-refractivity contribution in [1.29, 1.82) is 0 Å².